The highest BCUT2D eigenvalue weighted by molar-refractivity contribution is 6.32. The Morgan fingerprint density at radius 2 is 2.07 bits per heavy atom. The molecule has 0 amide bonds. The molecule has 0 saturated heterocycles. The van der Waals surface area contributed by atoms with Crippen molar-refractivity contribution in [2.24, 2.45) is 0 Å². The van der Waals surface area contributed by atoms with E-state index in [1.807, 2.05) is 6.92 Å². The van der Waals surface area contributed by atoms with Crippen LogP contribution in [0, 0.1) is 0 Å². The lowest BCUT2D eigenvalue weighted by molar-refractivity contribution is -0.141. The average molecular weight is 416 g/mol. The zero-order chi connectivity index (χ0) is 20.8. The first-order valence-corrected chi connectivity index (χ1v) is 9.09. The first kappa shape index (κ1) is 20.3. The number of hydrogen-bond donors (Lipinski definition) is 0. The van der Waals surface area contributed by atoms with Gasteiger partial charge >= 0.3 is 5.97 Å². The molecule has 1 heterocycles. The van der Waals surface area contributed by atoms with Gasteiger partial charge < -0.3 is 14.2 Å². The van der Waals surface area contributed by atoms with Crippen molar-refractivity contribution < 1.29 is 19.0 Å². The lowest BCUT2D eigenvalue weighted by Gasteiger charge is -2.11. The Kier molecular flexibility index (Phi) is 6.46. The fourth-order valence-electron chi connectivity index (χ4n) is 2.59. The van der Waals surface area contributed by atoms with Crippen molar-refractivity contribution in [3.8, 4) is 11.5 Å². The molecule has 0 aliphatic rings. The second-order valence-corrected chi connectivity index (χ2v) is 6.21. The number of ether oxygens (including phenoxy) is 3. The molecule has 3 rings (SSSR count). The Bertz CT molecular complexity index is 1130. The van der Waals surface area contributed by atoms with Crippen LogP contribution < -0.4 is 15.0 Å². The molecule has 9 heteroatoms. The van der Waals surface area contributed by atoms with Crippen LogP contribution in [0.4, 0.5) is 0 Å². The van der Waals surface area contributed by atoms with Gasteiger partial charge in [-0.3, -0.25) is 4.79 Å². The first-order valence-electron chi connectivity index (χ1n) is 8.71. The summed E-state index contributed by atoms with van der Waals surface area (Å²) >= 11 is 6.18. The third-order valence-electron chi connectivity index (χ3n) is 3.91. The molecule has 0 bridgehead atoms. The summed E-state index contributed by atoms with van der Waals surface area (Å²) in [6.45, 7) is 1.92. The Hall–Kier alpha value is -3.39. The van der Waals surface area contributed by atoms with Crippen molar-refractivity contribution in [3.63, 3.8) is 0 Å². The molecular weight excluding hydrogens is 398 g/mol. The third-order valence-corrected chi connectivity index (χ3v) is 4.19. The summed E-state index contributed by atoms with van der Waals surface area (Å²) in [5.74, 6) is 0.229. The highest BCUT2D eigenvalue weighted by Gasteiger charge is 2.11. The molecular formula is C20H18ClN3O5. The van der Waals surface area contributed by atoms with Gasteiger partial charge in [-0.2, -0.15) is 4.68 Å². The number of nitrogens with zero attached hydrogens (tertiary/aromatic N) is 3. The average Bonchev–Trinajstić information content (AvgIpc) is 2.72. The van der Waals surface area contributed by atoms with E-state index in [1.54, 1.807) is 36.4 Å². The van der Waals surface area contributed by atoms with Crippen molar-refractivity contribution in [3.05, 3.63) is 63.4 Å². The lowest BCUT2D eigenvalue weighted by atomic mass is 10.2. The summed E-state index contributed by atoms with van der Waals surface area (Å²) in [5, 5.41) is 8.44. The van der Waals surface area contributed by atoms with E-state index in [2.05, 4.69) is 10.3 Å². The minimum absolute atomic E-state index is 0.351. The number of fused-ring (bicyclic) bond motifs is 1. The molecule has 1 aromatic heterocycles. The molecule has 0 saturated carbocycles. The number of aromatic nitrogens is 3. The van der Waals surface area contributed by atoms with Crippen molar-refractivity contribution in [2.75, 3.05) is 13.7 Å². The molecule has 0 radical (unpaired) electrons. The quantitative estimate of drug-likeness (QED) is 0.432. The van der Waals surface area contributed by atoms with Crippen molar-refractivity contribution in [1.82, 2.24) is 15.0 Å². The van der Waals surface area contributed by atoms with E-state index >= 15 is 0 Å². The van der Waals surface area contributed by atoms with Gasteiger partial charge in [-0.15, -0.1) is 5.10 Å². The van der Waals surface area contributed by atoms with Crippen molar-refractivity contribution in [1.29, 1.82) is 0 Å². The number of carbonyl (C=O) groups is 1. The van der Waals surface area contributed by atoms with Crippen molar-refractivity contribution in [2.45, 2.75) is 13.7 Å². The Balaban J connectivity index is 1.70. The molecule has 2 aromatic carbocycles. The minimum atomic E-state index is -0.656. The summed E-state index contributed by atoms with van der Waals surface area (Å²) in [7, 11) is 1.49. The normalized spacial score (nSPS) is 11.0. The van der Waals surface area contributed by atoms with Gasteiger partial charge in [-0.25, -0.2) is 4.79 Å². The van der Waals surface area contributed by atoms with Crippen LogP contribution >= 0.6 is 11.6 Å². The monoisotopic (exact) mass is 415 g/mol. The smallest absolute Gasteiger partial charge is 0.332 e. The van der Waals surface area contributed by atoms with Crippen LogP contribution in [0.15, 0.2) is 47.3 Å². The zero-order valence-corrected chi connectivity index (χ0v) is 16.5. The fourth-order valence-corrected chi connectivity index (χ4v) is 2.89. The Labute approximate surface area is 171 Å². The molecule has 0 atom stereocenters. The standard InChI is InChI=1S/C20H18ClN3O5/c1-3-28-17-11-13(10-15(21)19(17)27-2)8-9-18(25)29-12-24-20(26)14-6-4-5-7-16(14)22-23-24/h4-11H,3,12H2,1-2H3/b9-8+. The topological polar surface area (TPSA) is 92.5 Å². The van der Waals surface area contributed by atoms with E-state index in [4.69, 9.17) is 25.8 Å². The van der Waals surface area contributed by atoms with E-state index in [-0.39, 0.29) is 6.73 Å². The molecule has 29 heavy (non-hydrogen) atoms. The van der Waals surface area contributed by atoms with Gasteiger partial charge in [-0.1, -0.05) is 28.9 Å². The maximum atomic E-state index is 12.3. The number of carbonyl (C=O) groups excluding carboxylic acids is 1. The molecule has 0 fully saturated rings. The number of rotatable bonds is 7. The number of esters is 1. The van der Waals surface area contributed by atoms with Gasteiger partial charge in [0.25, 0.3) is 5.56 Å². The minimum Gasteiger partial charge on any atom is -0.491 e. The summed E-state index contributed by atoms with van der Waals surface area (Å²) < 4.78 is 16.8. The molecule has 8 nitrogen and oxygen atoms in total. The first-order chi connectivity index (χ1) is 14.0. The molecule has 0 spiro atoms. The maximum absolute atomic E-state index is 12.3. The molecule has 0 N–H and O–H groups in total. The number of methoxy groups -OCH3 is 1. The molecule has 0 unspecified atom stereocenters. The summed E-state index contributed by atoms with van der Waals surface area (Å²) in [4.78, 5) is 24.3. The molecule has 150 valence electrons. The van der Waals surface area contributed by atoms with E-state index in [1.165, 1.54) is 19.3 Å². The molecule has 0 aliphatic heterocycles. The Morgan fingerprint density at radius 3 is 2.83 bits per heavy atom. The third kappa shape index (κ3) is 4.72. The van der Waals surface area contributed by atoms with Crippen LogP contribution in [0.25, 0.3) is 17.0 Å². The largest absolute Gasteiger partial charge is 0.491 e. The lowest BCUT2D eigenvalue weighted by Crippen LogP contribution is -2.26. The Morgan fingerprint density at radius 1 is 1.28 bits per heavy atom. The number of benzene rings is 2. The maximum Gasteiger partial charge on any atom is 0.332 e. The van der Waals surface area contributed by atoms with Crippen LogP contribution in [0.3, 0.4) is 0 Å². The van der Waals surface area contributed by atoms with Crippen LogP contribution in [0.2, 0.25) is 5.02 Å². The van der Waals surface area contributed by atoms with Crippen LogP contribution in [0.1, 0.15) is 12.5 Å². The zero-order valence-electron chi connectivity index (χ0n) is 15.8. The van der Waals surface area contributed by atoms with E-state index in [0.717, 1.165) is 4.68 Å². The second kappa shape index (κ2) is 9.20. The number of hydrogen-bond acceptors (Lipinski definition) is 7. The predicted octanol–water partition coefficient (Wildman–Crippen LogP) is 3.07. The van der Waals surface area contributed by atoms with Gasteiger partial charge in [0, 0.05) is 6.08 Å². The van der Waals surface area contributed by atoms with Gasteiger partial charge in [0.15, 0.2) is 18.2 Å². The van der Waals surface area contributed by atoms with Gasteiger partial charge in [0.1, 0.15) is 5.52 Å². The van der Waals surface area contributed by atoms with Crippen LogP contribution in [0.5, 0.6) is 11.5 Å². The SMILES string of the molecule is CCOc1cc(/C=C/C(=O)OCn2nnc3ccccc3c2=O)cc(Cl)c1OC. The van der Waals surface area contributed by atoms with E-state index < -0.39 is 11.5 Å². The van der Waals surface area contributed by atoms with E-state index in [0.29, 0.717) is 39.6 Å². The highest BCUT2D eigenvalue weighted by atomic mass is 35.5. The fraction of sp³-hybridized carbons (Fsp3) is 0.200. The number of halogens is 1. The molecule has 0 aliphatic carbocycles. The van der Waals surface area contributed by atoms with Crippen LogP contribution in [-0.2, 0) is 16.3 Å². The van der Waals surface area contributed by atoms with Crippen molar-refractivity contribution >= 4 is 34.5 Å². The highest BCUT2D eigenvalue weighted by Crippen LogP contribution is 2.36. The van der Waals surface area contributed by atoms with Gasteiger partial charge in [-0.05, 0) is 42.8 Å². The summed E-state index contributed by atoms with van der Waals surface area (Å²) in [5.41, 5.74) is 0.705. The summed E-state index contributed by atoms with van der Waals surface area (Å²) in [6, 6.07) is 10.1. The van der Waals surface area contributed by atoms with E-state index in [9.17, 15) is 9.59 Å². The van der Waals surface area contributed by atoms with Gasteiger partial charge in [0.05, 0.1) is 24.1 Å². The second-order valence-electron chi connectivity index (χ2n) is 5.80. The summed E-state index contributed by atoms with van der Waals surface area (Å²) in [6.07, 6.45) is 2.73. The predicted molar refractivity (Wildman–Crippen MR) is 108 cm³/mol. The molecule has 3 aromatic rings. The van der Waals surface area contributed by atoms with Gasteiger partial charge in [0.2, 0.25) is 0 Å². The van der Waals surface area contributed by atoms with Crippen LogP contribution in [-0.4, -0.2) is 34.7 Å².